The first-order valence-corrected chi connectivity index (χ1v) is 9.52. The highest BCUT2D eigenvalue weighted by Crippen LogP contribution is 2.31. The van der Waals surface area contributed by atoms with Gasteiger partial charge in [-0.15, -0.1) is 0 Å². The Morgan fingerprint density at radius 1 is 0.700 bits per heavy atom. The van der Waals surface area contributed by atoms with Crippen LogP contribution < -0.4 is 9.47 Å². The maximum absolute atomic E-state index is 12.4. The van der Waals surface area contributed by atoms with Gasteiger partial charge >= 0.3 is 11.9 Å². The highest BCUT2D eigenvalue weighted by molar-refractivity contribution is 5.90. The Balaban J connectivity index is 1.34. The Labute approximate surface area is 173 Å². The molecule has 2 aliphatic heterocycles. The summed E-state index contributed by atoms with van der Waals surface area (Å²) in [5, 5.41) is 0. The molecule has 2 saturated heterocycles. The number of hydrogen-bond acceptors (Lipinski definition) is 8. The third kappa shape index (κ3) is 4.10. The summed E-state index contributed by atoms with van der Waals surface area (Å²) in [7, 11) is 3.11. The van der Waals surface area contributed by atoms with Crippen molar-refractivity contribution in [1.29, 1.82) is 0 Å². The highest BCUT2D eigenvalue weighted by Gasteiger charge is 2.51. The molecule has 30 heavy (non-hydrogen) atoms. The average Bonchev–Trinajstić information content (AvgIpc) is 3.37. The van der Waals surface area contributed by atoms with Crippen LogP contribution in [0.2, 0.25) is 0 Å². The number of carbonyl (C=O) groups excluding carboxylic acids is 2. The Kier molecular flexibility index (Phi) is 5.87. The minimum Gasteiger partial charge on any atom is -0.497 e. The molecule has 2 fully saturated rings. The Bertz CT molecular complexity index is 817. The number of esters is 2. The van der Waals surface area contributed by atoms with Crippen LogP contribution in [0.5, 0.6) is 11.5 Å². The maximum Gasteiger partial charge on any atom is 0.338 e. The predicted molar refractivity (Wildman–Crippen MR) is 104 cm³/mol. The summed E-state index contributed by atoms with van der Waals surface area (Å²) in [6.45, 7) is 0.349. The minimum absolute atomic E-state index is 0.174. The zero-order valence-electron chi connectivity index (χ0n) is 16.6. The molecule has 2 heterocycles. The van der Waals surface area contributed by atoms with Gasteiger partial charge in [0.05, 0.1) is 38.6 Å². The number of hydrogen-bond donors (Lipinski definition) is 0. The third-order valence-electron chi connectivity index (χ3n) is 5.13. The van der Waals surface area contributed by atoms with Gasteiger partial charge < -0.3 is 28.4 Å². The molecule has 0 aromatic heterocycles. The topological polar surface area (TPSA) is 89.5 Å². The van der Waals surface area contributed by atoms with E-state index in [2.05, 4.69) is 0 Å². The van der Waals surface area contributed by atoms with Crippen molar-refractivity contribution >= 4 is 11.9 Å². The maximum atomic E-state index is 12.4. The zero-order chi connectivity index (χ0) is 21.1. The van der Waals surface area contributed by atoms with Crippen molar-refractivity contribution < 1.29 is 38.0 Å². The van der Waals surface area contributed by atoms with Crippen molar-refractivity contribution in [2.24, 2.45) is 0 Å². The molecule has 0 aliphatic carbocycles. The third-order valence-corrected chi connectivity index (χ3v) is 5.13. The van der Waals surface area contributed by atoms with E-state index in [1.807, 2.05) is 0 Å². The molecule has 0 bridgehead atoms. The van der Waals surface area contributed by atoms with Crippen LogP contribution in [0, 0.1) is 0 Å². The molecule has 0 unspecified atom stereocenters. The van der Waals surface area contributed by atoms with E-state index in [-0.39, 0.29) is 13.2 Å². The fraction of sp³-hybridized carbons (Fsp3) is 0.364. The van der Waals surface area contributed by atoms with E-state index in [1.54, 1.807) is 62.8 Å². The van der Waals surface area contributed by atoms with E-state index in [0.717, 1.165) is 0 Å². The van der Waals surface area contributed by atoms with Gasteiger partial charge in [-0.2, -0.15) is 0 Å². The van der Waals surface area contributed by atoms with Crippen LogP contribution in [0.15, 0.2) is 48.5 Å². The summed E-state index contributed by atoms with van der Waals surface area (Å²) in [5.74, 6) is 0.344. The Morgan fingerprint density at radius 3 is 1.40 bits per heavy atom. The van der Waals surface area contributed by atoms with Crippen LogP contribution in [0.25, 0.3) is 0 Å². The molecule has 4 rings (SSSR count). The average molecular weight is 414 g/mol. The van der Waals surface area contributed by atoms with Crippen LogP contribution in [0.1, 0.15) is 20.7 Å². The van der Waals surface area contributed by atoms with Crippen LogP contribution in [0.4, 0.5) is 0 Å². The van der Waals surface area contributed by atoms with Crippen molar-refractivity contribution in [2.45, 2.75) is 24.4 Å². The predicted octanol–water partition coefficient (Wildman–Crippen LogP) is 2.25. The second kappa shape index (κ2) is 8.73. The number of rotatable bonds is 6. The lowest BCUT2D eigenvalue weighted by atomic mass is 10.1. The van der Waals surface area contributed by atoms with Crippen LogP contribution in [-0.2, 0) is 18.9 Å². The number of carbonyl (C=O) groups is 2. The smallest absolute Gasteiger partial charge is 0.338 e. The van der Waals surface area contributed by atoms with Gasteiger partial charge in [-0.25, -0.2) is 9.59 Å². The molecule has 8 nitrogen and oxygen atoms in total. The van der Waals surface area contributed by atoms with Gasteiger partial charge in [-0.05, 0) is 48.5 Å². The molecule has 2 aromatic rings. The van der Waals surface area contributed by atoms with Gasteiger partial charge in [0.15, 0.2) is 12.2 Å². The van der Waals surface area contributed by atoms with E-state index >= 15 is 0 Å². The number of benzene rings is 2. The standard InChI is InChI=1S/C22H22O8/c1-25-15-7-3-13(4-8-15)21(23)29-17-11-27-20-18(12-28-19(17)20)30-22(24)14-5-9-16(26-2)10-6-14/h3-10,17-20H,11-12H2,1-2H3/t17-,18+,19-,20-/m0/s1. The first-order chi connectivity index (χ1) is 14.6. The zero-order valence-corrected chi connectivity index (χ0v) is 16.6. The second-order valence-corrected chi connectivity index (χ2v) is 6.94. The van der Waals surface area contributed by atoms with Crippen molar-refractivity contribution in [3.8, 4) is 11.5 Å². The van der Waals surface area contributed by atoms with Crippen molar-refractivity contribution in [3.05, 3.63) is 59.7 Å². The molecule has 0 saturated carbocycles. The first kappa shape index (κ1) is 20.2. The molecule has 0 spiro atoms. The Hall–Kier alpha value is -3.10. The van der Waals surface area contributed by atoms with Gasteiger partial charge in [0, 0.05) is 0 Å². The van der Waals surface area contributed by atoms with E-state index in [4.69, 9.17) is 28.4 Å². The van der Waals surface area contributed by atoms with Crippen molar-refractivity contribution in [3.63, 3.8) is 0 Å². The molecular formula is C22H22O8. The summed E-state index contributed by atoms with van der Waals surface area (Å²) < 4.78 is 32.8. The van der Waals surface area contributed by atoms with E-state index < -0.39 is 36.4 Å². The highest BCUT2D eigenvalue weighted by atomic mass is 16.7. The molecule has 2 aromatic carbocycles. The molecule has 2 aliphatic rings. The van der Waals surface area contributed by atoms with Crippen LogP contribution in [-0.4, -0.2) is 63.8 Å². The lowest BCUT2D eigenvalue weighted by molar-refractivity contribution is -0.0287. The fourth-order valence-electron chi connectivity index (χ4n) is 3.50. The molecule has 0 N–H and O–H groups in total. The molecule has 4 atom stereocenters. The van der Waals surface area contributed by atoms with Crippen molar-refractivity contribution in [2.75, 3.05) is 27.4 Å². The van der Waals surface area contributed by atoms with E-state index in [0.29, 0.717) is 22.6 Å². The molecule has 0 amide bonds. The summed E-state index contributed by atoms with van der Waals surface area (Å²) in [5.41, 5.74) is 0.805. The number of ether oxygens (including phenoxy) is 6. The quantitative estimate of drug-likeness (QED) is 0.665. The summed E-state index contributed by atoms with van der Waals surface area (Å²) in [4.78, 5) is 24.8. The monoisotopic (exact) mass is 414 g/mol. The fourth-order valence-corrected chi connectivity index (χ4v) is 3.50. The molecular weight excluding hydrogens is 392 g/mol. The second-order valence-electron chi connectivity index (χ2n) is 6.94. The Morgan fingerprint density at radius 2 is 1.07 bits per heavy atom. The van der Waals surface area contributed by atoms with Crippen LogP contribution >= 0.6 is 0 Å². The van der Waals surface area contributed by atoms with E-state index in [9.17, 15) is 9.59 Å². The van der Waals surface area contributed by atoms with Gasteiger partial charge in [0.2, 0.25) is 0 Å². The summed E-state index contributed by atoms with van der Waals surface area (Å²) in [6, 6.07) is 13.3. The largest absolute Gasteiger partial charge is 0.497 e. The van der Waals surface area contributed by atoms with Gasteiger partial charge in [-0.1, -0.05) is 0 Å². The molecule has 8 heteroatoms. The normalized spacial score (nSPS) is 24.7. The minimum atomic E-state index is -0.575. The number of fused-ring (bicyclic) bond motifs is 1. The SMILES string of the molecule is COc1ccc(C(=O)O[C@H]2CO[C@@H]3[C@H]2OC[C@H]3OC(=O)c2ccc(OC)cc2)cc1. The number of methoxy groups -OCH3 is 2. The summed E-state index contributed by atoms with van der Waals surface area (Å²) >= 11 is 0. The van der Waals surface area contributed by atoms with E-state index in [1.165, 1.54) is 0 Å². The molecule has 158 valence electrons. The van der Waals surface area contributed by atoms with Crippen molar-refractivity contribution in [1.82, 2.24) is 0 Å². The molecule has 0 radical (unpaired) electrons. The lowest BCUT2D eigenvalue weighted by Crippen LogP contribution is -2.36. The summed E-state index contributed by atoms with van der Waals surface area (Å²) in [6.07, 6.45) is -2.12. The first-order valence-electron chi connectivity index (χ1n) is 9.52. The van der Waals surface area contributed by atoms with Gasteiger partial charge in [0.1, 0.15) is 23.7 Å². The lowest BCUT2D eigenvalue weighted by Gasteiger charge is -2.17. The van der Waals surface area contributed by atoms with Gasteiger partial charge in [0.25, 0.3) is 0 Å². The van der Waals surface area contributed by atoms with Gasteiger partial charge in [-0.3, -0.25) is 0 Å². The van der Waals surface area contributed by atoms with Crippen LogP contribution in [0.3, 0.4) is 0 Å².